The van der Waals surface area contributed by atoms with E-state index in [1.807, 2.05) is 0 Å². The van der Waals surface area contributed by atoms with Gasteiger partial charge in [0.25, 0.3) is 0 Å². The van der Waals surface area contributed by atoms with E-state index in [9.17, 15) is 9.36 Å². The standard InChI is InChI=1S/C26H42N5O7PSSi2/c1-34-21-11-10-20(19-35-26(32)30-22-9-8-12-28-23(22)18-29-31-25(27)40)24(17-21)38-39(33,36-13-15-41(2,3)4)37-14-16-42(5,6)7/h8-12,17-18H,13-16,19H2,1-7H3,(H,30,32)(H3,27,31,40)/b29-18+. The minimum absolute atomic E-state index is 0.0129. The molecule has 1 heterocycles. The van der Waals surface area contributed by atoms with Crippen LogP contribution < -0.4 is 25.7 Å². The van der Waals surface area contributed by atoms with E-state index in [4.69, 9.17) is 41.0 Å². The molecule has 0 atom stereocenters. The molecule has 232 valence electrons. The van der Waals surface area contributed by atoms with Crippen LogP contribution in [0, 0.1) is 0 Å². The number of nitrogens with two attached hydrogens (primary N) is 1. The molecule has 0 fully saturated rings. The maximum absolute atomic E-state index is 13.8. The van der Waals surface area contributed by atoms with Gasteiger partial charge in [-0.2, -0.15) is 5.10 Å². The largest absolute Gasteiger partial charge is 0.530 e. The topological polar surface area (TPSA) is 156 Å². The van der Waals surface area contributed by atoms with Crippen LogP contribution in [0.4, 0.5) is 10.5 Å². The number of ether oxygens (including phenoxy) is 2. The van der Waals surface area contributed by atoms with E-state index < -0.39 is 30.1 Å². The van der Waals surface area contributed by atoms with Crippen LogP contribution in [-0.2, 0) is 25.0 Å². The molecular formula is C26H42N5O7PSSi2. The zero-order valence-corrected chi connectivity index (χ0v) is 29.0. The summed E-state index contributed by atoms with van der Waals surface area (Å²) in [6.45, 7) is 13.5. The molecule has 2 rings (SSSR count). The number of hydrogen-bond donors (Lipinski definition) is 3. The van der Waals surface area contributed by atoms with E-state index >= 15 is 0 Å². The van der Waals surface area contributed by atoms with Crippen molar-refractivity contribution in [1.29, 1.82) is 0 Å². The SMILES string of the molecule is COc1ccc(COC(=O)Nc2cccnc2/C=N/NC(N)=S)c(OP(=O)(OCC[Si](C)(C)C)OCC[Si](C)(C)C)c1. The van der Waals surface area contributed by atoms with Gasteiger partial charge in [-0.1, -0.05) is 39.3 Å². The van der Waals surface area contributed by atoms with Crippen LogP contribution in [0.5, 0.6) is 11.5 Å². The summed E-state index contributed by atoms with van der Waals surface area (Å²) in [5, 5.41) is 6.48. The van der Waals surface area contributed by atoms with Crippen molar-refractivity contribution in [3.05, 3.63) is 47.8 Å². The molecular weight excluding hydrogens is 614 g/mol. The fourth-order valence-corrected chi connectivity index (χ4v) is 6.12. The van der Waals surface area contributed by atoms with Crippen LogP contribution in [0.15, 0.2) is 41.6 Å². The molecule has 0 spiro atoms. The number of carbonyl (C=O) groups is 1. The van der Waals surface area contributed by atoms with Crippen LogP contribution in [-0.4, -0.2) is 58.9 Å². The van der Waals surface area contributed by atoms with Crippen LogP contribution in [0.2, 0.25) is 51.4 Å². The molecule has 2 aromatic rings. The van der Waals surface area contributed by atoms with E-state index in [1.165, 1.54) is 19.5 Å². The molecule has 0 saturated heterocycles. The maximum Gasteiger partial charge on any atom is 0.530 e. The lowest BCUT2D eigenvalue weighted by atomic mass is 10.2. The number of aromatic nitrogens is 1. The lowest BCUT2D eigenvalue weighted by Crippen LogP contribution is -2.24. The van der Waals surface area contributed by atoms with Gasteiger partial charge in [-0.05, 0) is 48.6 Å². The number of hydrogen-bond acceptors (Lipinski definition) is 10. The van der Waals surface area contributed by atoms with Gasteiger partial charge in [-0.15, -0.1) is 0 Å². The number of phosphoric ester groups is 1. The third kappa shape index (κ3) is 13.9. The lowest BCUT2D eigenvalue weighted by Gasteiger charge is -2.23. The van der Waals surface area contributed by atoms with Crippen molar-refractivity contribution in [3.8, 4) is 11.5 Å². The molecule has 1 aromatic carbocycles. The first-order valence-electron chi connectivity index (χ1n) is 13.3. The van der Waals surface area contributed by atoms with E-state index in [1.54, 1.807) is 30.3 Å². The first kappa shape index (κ1) is 35.4. The average molecular weight is 656 g/mol. The molecule has 0 aliphatic rings. The Hall–Kier alpha value is -2.82. The summed E-state index contributed by atoms with van der Waals surface area (Å²) < 4.78 is 42.1. The summed E-state index contributed by atoms with van der Waals surface area (Å²) in [6.07, 6.45) is 2.13. The van der Waals surface area contributed by atoms with Gasteiger partial charge in [0.1, 0.15) is 23.8 Å². The normalized spacial score (nSPS) is 12.2. The second kappa shape index (κ2) is 16.1. The maximum atomic E-state index is 13.8. The zero-order chi connectivity index (χ0) is 31.4. The number of anilines is 1. The van der Waals surface area contributed by atoms with Crippen molar-refractivity contribution in [2.24, 2.45) is 10.8 Å². The summed E-state index contributed by atoms with van der Waals surface area (Å²) in [6, 6.07) is 9.72. The molecule has 1 amide bonds. The lowest BCUT2D eigenvalue weighted by molar-refractivity contribution is 0.151. The second-order valence-electron chi connectivity index (χ2n) is 11.7. The van der Waals surface area contributed by atoms with Crippen LogP contribution in [0.1, 0.15) is 11.3 Å². The number of carbonyl (C=O) groups excluding carboxylic acids is 1. The number of pyridine rings is 1. The van der Waals surface area contributed by atoms with Gasteiger partial charge in [0.05, 0.1) is 32.2 Å². The quantitative estimate of drug-likeness (QED) is 0.0622. The monoisotopic (exact) mass is 655 g/mol. The Morgan fingerprint density at radius 3 is 2.31 bits per heavy atom. The molecule has 0 unspecified atom stereocenters. The van der Waals surface area contributed by atoms with Gasteiger partial charge in [0.15, 0.2) is 5.11 Å². The third-order valence-electron chi connectivity index (χ3n) is 5.48. The number of thiocarbonyl (C=S) groups is 1. The van der Waals surface area contributed by atoms with Gasteiger partial charge in [0, 0.05) is 34.0 Å². The molecule has 16 heteroatoms. The van der Waals surface area contributed by atoms with Crippen LogP contribution in [0.25, 0.3) is 0 Å². The number of nitrogens with zero attached hydrogens (tertiary/aromatic N) is 2. The van der Waals surface area contributed by atoms with Crippen molar-refractivity contribution in [2.75, 3.05) is 25.6 Å². The van der Waals surface area contributed by atoms with Crippen molar-refractivity contribution < 1.29 is 32.4 Å². The smallest absolute Gasteiger partial charge is 0.497 e. The summed E-state index contributed by atoms with van der Waals surface area (Å²) >= 11 is 4.72. The van der Waals surface area contributed by atoms with E-state index in [0.717, 1.165) is 12.1 Å². The zero-order valence-electron chi connectivity index (χ0n) is 25.3. The van der Waals surface area contributed by atoms with Crippen molar-refractivity contribution in [2.45, 2.75) is 58.0 Å². The van der Waals surface area contributed by atoms with Crippen molar-refractivity contribution in [3.63, 3.8) is 0 Å². The molecule has 0 saturated carbocycles. The molecule has 42 heavy (non-hydrogen) atoms. The number of hydrazone groups is 1. The van der Waals surface area contributed by atoms with Gasteiger partial charge in [-0.3, -0.25) is 24.8 Å². The number of phosphoric acid groups is 1. The second-order valence-corrected chi connectivity index (χ2v) is 24.9. The Balaban J connectivity index is 2.20. The number of methoxy groups -OCH3 is 1. The van der Waals surface area contributed by atoms with E-state index in [0.29, 0.717) is 22.7 Å². The molecule has 12 nitrogen and oxygen atoms in total. The Bertz CT molecular complexity index is 1260. The van der Waals surface area contributed by atoms with Crippen molar-refractivity contribution >= 4 is 59.3 Å². The van der Waals surface area contributed by atoms with Gasteiger partial charge in [0.2, 0.25) is 0 Å². The highest BCUT2D eigenvalue weighted by molar-refractivity contribution is 7.80. The molecule has 4 N–H and O–H groups in total. The average Bonchev–Trinajstić information content (AvgIpc) is 2.87. The van der Waals surface area contributed by atoms with Gasteiger partial charge < -0.3 is 19.7 Å². The first-order valence-corrected chi connectivity index (χ1v) is 22.6. The summed E-state index contributed by atoms with van der Waals surface area (Å²) in [4.78, 5) is 16.9. The number of benzene rings is 1. The predicted octanol–water partition coefficient (Wildman–Crippen LogP) is 6.20. The molecule has 0 radical (unpaired) electrons. The fourth-order valence-electron chi connectivity index (χ4n) is 3.08. The summed E-state index contributed by atoms with van der Waals surface area (Å²) in [5.41, 5.74) is 8.92. The summed E-state index contributed by atoms with van der Waals surface area (Å²) in [7, 11) is -5.45. The number of amides is 1. The molecule has 0 aliphatic carbocycles. The molecule has 0 aliphatic heterocycles. The van der Waals surface area contributed by atoms with Gasteiger partial charge >= 0.3 is 13.9 Å². The van der Waals surface area contributed by atoms with Crippen LogP contribution in [0.3, 0.4) is 0 Å². The predicted molar refractivity (Wildman–Crippen MR) is 175 cm³/mol. The Morgan fingerprint density at radius 1 is 1.10 bits per heavy atom. The number of rotatable bonds is 16. The molecule has 0 bridgehead atoms. The highest BCUT2D eigenvalue weighted by atomic mass is 32.1. The molecule has 1 aromatic heterocycles. The van der Waals surface area contributed by atoms with E-state index in [2.05, 4.69) is 60.1 Å². The highest BCUT2D eigenvalue weighted by Crippen LogP contribution is 2.51. The van der Waals surface area contributed by atoms with Crippen molar-refractivity contribution in [1.82, 2.24) is 10.4 Å². The fraction of sp³-hybridized carbons (Fsp3) is 0.462. The van der Waals surface area contributed by atoms with Gasteiger partial charge in [-0.25, -0.2) is 9.36 Å². The summed E-state index contributed by atoms with van der Waals surface area (Å²) in [5.74, 6) is 0.614. The minimum atomic E-state index is -4.01. The highest BCUT2D eigenvalue weighted by Gasteiger charge is 2.32. The Labute approximate surface area is 255 Å². The van der Waals surface area contributed by atoms with E-state index in [-0.39, 0.29) is 30.7 Å². The Morgan fingerprint density at radius 2 is 1.74 bits per heavy atom. The third-order valence-corrected chi connectivity index (χ3v) is 10.4. The number of nitrogens with one attached hydrogen (secondary N) is 2. The van der Waals surface area contributed by atoms with Crippen LogP contribution >= 0.6 is 20.0 Å². The minimum Gasteiger partial charge on any atom is -0.497 e. The Kier molecular flexibility index (Phi) is 13.6. The first-order chi connectivity index (χ1) is 19.6.